The maximum atomic E-state index is 15.2. The molecule has 0 unspecified atom stereocenters. The van der Waals surface area contributed by atoms with Crippen molar-refractivity contribution in [2.45, 2.75) is 76.8 Å². The van der Waals surface area contributed by atoms with Crippen molar-refractivity contribution < 1.29 is 26.7 Å². The standard InChI is InChI=1S/C32H33F5O/c1-2-3-4-5-6-22-7-11-24(12-8-22)26-16-17-28-27(20-26)15-14-25(31(28)34)13-9-23-10-18-30(29(33)19-23)38-21-32(35,36)37/h10,14-20,22,24H,2-8,11-12,21H2,1H3. The van der Waals surface area contributed by atoms with Crippen molar-refractivity contribution in [3.63, 3.8) is 0 Å². The maximum Gasteiger partial charge on any atom is 0.422 e. The molecule has 202 valence electrons. The number of ether oxygens (including phenoxy) is 1. The molecule has 4 rings (SSSR count). The minimum absolute atomic E-state index is 0.173. The van der Waals surface area contributed by atoms with E-state index in [1.54, 1.807) is 6.07 Å². The third-order valence-corrected chi connectivity index (χ3v) is 7.43. The summed E-state index contributed by atoms with van der Waals surface area (Å²) in [5, 5.41) is 1.30. The zero-order valence-corrected chi connectivity index (χ0v) is 21.6. The van der Waals surface area contributed by atoms with Crippen LogP contribution in [0, 0.1) is 29.4 Å². The van der Waals surface area contributed by atoms with E-state index in [0.717, 1.165) is 23.4 Å². The van der Waals surface area contributed by atoms with Crippen LogP contribution in [0.3, 0.4) is 0 Å². The van der Waals surface area contributed by atoms with Crippen LogP contribution in [0.25, 0.3) is 10.8 Å². The van der Waals surface area contributed by atoms with Crippen LogP contribution >= 0.6 is 0 Å². The van der Waals surface area contributed by atoms with E-state index in [2.05, 4.69) is 29.6 Å². The third kappa shape index (κ3) is 7.49. The number of hydrogen-bond donors (Lipinski definition) is 0. The Balaban J connectivity index is 1.41. The molecule has 1 saturated carbocycles. The van der Waals surface area contributed by atoms with Crippen molar-refractivity contribution in [2.75, 3.05) is 6.61 Å². The number of benzene rings is 3. The molecule has 1 aliphatic rings. The van der Waals surface area contributed by atoms with Crippen LogP contribution in [0.5, 0.6) is 5.75 Å². The molecular weight excluding hydrogens is 495 g/mol. The molecule has 0 amide bonds. The minimum atomic E-state index is -4.56. The quantitative estimate of drug-likeness (QED) is 0.161. The van der Waals surface area contributed by atoms with Crippen molar-refractivity contribution >= 4 is 10.8 Å². The van der Waals surface area contributed by atoms with Crippen molar-refractivity contribution in [1.82, 2.24) is 0 Å². The Kier molecular flexibility index (Phi) is 9.31. The highest BCUT2D eigenvalue weighted by atomic mass is 19.4. The molecule has 3 aromatic rings. The van der Waals surface area contributed by atoms with Gasteiger partial charge < -0.3 is 4.74 Å². The van der Waals surface area contributed by atoms with E-state index in [4.69, 9.17) is 0 Å². The number of rotatable bonds is 8. The fourth-order valence-corrected chi connectivity index (χ4v) is 5.30. The number of halogens is 5. The summed E-state index contributed by atoms with van der Waals surface area (Å²) in [6.45, 7) is 0.655. The molecule has 1 aliphatic carbocycles. The minimum Gasteiger partial charge on any atom is -0.481 e. The highest BCUT2D eigenvalue weighted by Crippen LogP contribution is 2.39. The van der Waals surface area contributed by atoms with Crippen molar-refractivity contribution in [1.29, 1.82) is 0 Å². The number of unbranched alkanes of at least 4 members (excludes halogenated alkanes) is 3. The summed E-state index contributed by atoms with van der Waals surface area (Å²) in [6, 6.07) is 12.8. The van der Waals surface area contributed by atoms with E-state index in [-0.39, 0.29) is 11.1 Å². The highest BCUT2D eigenvalue weighted by Gasteiger charge is 2.29. The average Bonchev–Trinajstić information content (AvgIpc) is 2.90. The fraction of sp³-hybridized carbons (Fsp3) is 0.438. The smallest absolute Gasteiger partial charge is 0.422 e. The van der Waals surface area contributed by atoms with E-state index in [0.29, 0.717) is 11.3 Å². The zero-order valence-electron chi connectivity index (χ0n) is 21.6. The van der Waals surface area contributed by atoms with Gasteiger partial charge in [0, 0.05) is 10.9 Å². The number of fused-ring (bicyclic) bond motifs is 1. The van der Waals surface area contributed by atoms with Crippen LogP contribution < -0.4 is 4.74 Å². The molecule has 1 fully saturated rings. The van der Waals surface area contributed by atoms with Crippen molar-refractivity contribution in [2.24, 2.45) is 5.92 Å². The van der Waals surface area contributed by atoms with Crippen molar-refractivity contribution in [3.8, 4) is 17.6 Å². The van der Waals surface area contributed by atoms with Crippen LogP contribution in [0.2, 0.25) is 0 Å². The van der Waals surface area contributed by atoms with E-state index in [1.165, 1.54) is 69.4 Å². The van der Waals surface area contributed by atoms with Gasteiger partial charge in [-0.1, -0.05) is 75.1 Å². The lowest BCUT2D eigenvalue weighted by molar-refractivity contribution is -0.153. The van der Waals surface area contributed by atoms with Gasteiger partial charge in [-0.2, -0.15) is 13.2 Å². The SMILES string of the molecule is CCCCCCC1CCC(c2ccc3c(F)c(C#Cc4ccc(OCC(F)(F)F)c(F)c4)ccc3c2)CC1. The molecule has 1 nitrogen and oxygen atoms in total. The van der Waals surface area contributed by atoms with E-state index in [1.807, 2.05) is 18.2 Å². The molecule has 0 aromatic heterocycles. The molecule has 0 N–H and O–H groups in total. The lowest BCUT2D eigenvalue weighted by atomic mass is 9.76. The Morgan fingerprint density at radius 3 is 2.37 bits per heavy atom. The fourth-order valence-electron chi connectivity index (χ4n) is 5.30. The van der Waals surface area contributed by atoms with E-state index < -0.39 is 30.2 Å². The van der Waals surface area contributed by atoms with Gasteiger partial charge in [0.15, 0.2) is 18.2 Å². The van der Waals surface area contributed by atoms with E-state index in [9.17, 15) is 17.6 Å². The van der Waals surface area contributed by atoms with Crippen LogP contribution in [0.1, 0.15) is 87.3 Å². The maximum absolute atomic E-state index is 15.2. The Morgan fingerprint density at radius 2 is 1.66 bits per heavy atom. The normalized spacial score (nSPS) is 17.7. The van der Waals surface area contributed by atoms with Crippen LogP contribution in [0.4, 0.5) is 22.0 Å². The molecule has 6 heteroatoms. The molecule has 3 aromatic carbocycles. The zero-order chi connectivity index (χ0) is 27.1. The second kappa shape index (κ2) is 12.7. The summed E-state index contributed by atoms with van der Waals surface area (Å²) in [4.78, 5) is 0. The first kappa shape index (κ1) is 28.0. The molecule has 0 spiro atoms. The Hall–Kier alpha value is -3.07. The van der Waals surface area contributed by atoms with Gasteiger partial charge in [-0.15, -0.1) is 0 Å². The predicted molar refractivity (Wildman–Crippen MR) is 141 cm³/mol. The van der Waals surface area contributed by atoms with E-state index >= 15 is 4.39 Å². The summed E-state index contributed by atoms with van der Waals surface area (Å²) in [5.41, 5.74) is 1.63. The summed E-state index contributed by atoms with van der Waals surface area (Å²) in [6.07, 6.45) is 6.90. The van der Waals surface area contributed by atoms with Gasteiger partial charge in [0.05, 0.1) is 5.56 Å². The summed E-state index contributed by atoms with van der Waals surface area (Å²) in [5.74, 6) is 4.83. The summed E-state index contributed by atoms with van der Waals surface area (Å²) >= 11 is 0. The van der Waals surface area contributed by atoms with Gasteiger partial charge in [0.2, 0.25) is 0 Å². The van der Waals surface area contributed by atoms with Gasteiger partial charge >= 0.3 is 6.18 Å². The first-order valence-electron chi connectivity index (χ1n) is 13.5. The molecule has 38 heavy (non-hydrogen) atoms. The highest BCUT2D eigenvalue weighted by molar-refractivity contribution is 5.85. The topological polar surface area (TPSA) is 9.23 Å². The Labute approximate surface area is 221 Å². The molecule has 0 radical (unpaired) electrons. The summed E-state index contributed by atoms with van der Waals surface area (Å²) < 4.78 is 70.7. The lowest BCUT2D eigenvalue weighted by Crippen LogP contribution is -2.19. The van der Waals surface area contributed by atoms with Crippen LogP contribution in [-0.2, 0) is 0 Å². The number of hydrogen-bond acceptors (Lipinski definition) is 1. The van der Waals surface area contributed by atoms with Crippen LogP contribution in [-0.4, -0.2) is 12.8 Å². The Bertz CT molecular complexity index is 1290. The van der Waals surface area contributed by atoms with Gasteiger partial charge in [-0.3, -0.25) is 0 Å². The van der Waals surface area contributed by atoms with Gasteiger partial charge in [-0.25, -0.2) is 8.78 Å². The molecule has 0 atom stereocenters. The monoisotopic (exact) mass is 528 g/mol. The van der Waals surface area contributed by atoms with Gasteiger partial charge in [-0.05, 0) is 72.7 Å². The predicted octanol–water partition coefficient (Wildman–Crippen LogP) is 9.70. The average molecular weight is 529 g/mol. The van der Waals surface area contributed by atoms with Gasteiger partial charge in [0.25, 0.3) is 0 Å². The third-order valence-electron chi connectivity index (χ3n) is 7.43. The van der Waals surface area contributed by atoms with Crippen molar-refractivity contribution in [3.05, 3.63) is 76.9 Å². The molecule has 0 bridgehead atoms. The molecule has 0 saturated heterocycles. The molecule has 0 aliphatic heterocycles. The molecular formula is C32H33F5O. The van der Waals surface area contributed by atoms with Gasteiger partial charge in [0.1, 0.15) is 5.82 Å². The molecule has 0 heterocycles. The first-order chi connectivity index (χ1) is 18.2. The van der Waals surface area contributed by atoms with Crippen LogP contribution in [0.15, 0.2) is 48.5 Å². The largest absolute Gasteiger partial charge is 0.481 e. The Morgan fingerprint density at radius 1 is 0.868 bits per heavy atom. The lowest BCUT2D eigenvalue weighted by Gasteiger charge is -2.29. The first-order valence-corrected chi connectivity index (χ1v) is 13.5. The second-order valence-corrected chi connectivity index (χ2v) is 10.3. The number of alkyl halides is 3. The second-order valence-electron chi connectivity index (χ2n) is 10.3. The summed E-state index contributed by atoms with van der Waals surface area (Å²) in [7, 11) is 0.